The summed E-state index contributed by atoms with van der Waals surface area (Å²) in [6, 6.07) is 4.78. The van der Waals surface area contributed by atoms with E-state index >= 15 is 0 Å². The number of anilines is 2. The number of imidazole rings is 1. The average Bonchev–Trinajstić information content (AvgIpc) is 3.07. The van der Waals surface area contributed by atoms with Crippen molar-refractivity contribution in [3.63, 3.8) is 0 Å². The predicted octanol–water partition coefficient (Wildman–Crippen LogP) is 5.53. The summed E-state index contributed by atoms with van der Waals surface area (Å²) in [5.41, 5.74) is 1.10. The van der Waals surface area contributed by atoms with Gasteiger partial charge in [-0.25, -0.2) is 13.8 Å². The SMILES string of the molecule is CC(=O)c1cc2nc(Nc3c(Cl)ccc(CNC(=O)C(C)(C)C)c3Cl)n(C)c2nc1OCC(F)F. The Balaban J connectivity index is 1.96. The Morgan fingerprint density at radius 2 is 1.89 bits per heavy atom. The summed E-state index contributed by atoms with van der Waals surface area (Å²) in [7, 11) is 1.64. The Morgan fingerprint density at radius 1 is 1.20 bits per heavy atom. The molecule has 0 unspecified atom stereocenters. The highest BCUT2D eigenvalue weighted by molar-refractivity contribution is 6.39. The summed E-state index contributed by atoms with van der Waals surface area (Å²) in [6.07, 6.45) is -2.72. The molecule has 0 saturated carbocycles. The first-order valence-electron chi connectivity index (χ1n) is 10.6. The Morgan fingerprint density at radius 3 is 2.49 bits per heavy atom. The number of carbonyl (C=O) groups excluding carboxylic acids is 2. The molecule has 8 nitrogen and oxygen atoms in total. The average molecular weight is 528 g/mol. The van der Waals surface area contributed by atoms with Crippen LogP contribution in [0, 0.1) is 5.41 Å². The number of halogens is 4. The number of nitrogens with one attached hydrogen (secondary N) is 2. The van der Waals surface area contributed by atoms with Crippen LogP contribution in [0.3, 0.4) is 0 Å². The quantitative estimate of drug-likeness (QED) is 0.374. The first kappa shape index (κ1) is 26.6. The molecule has 2 N–H and O–H groups in total. The van der Waals surface area contributed by atoms with Crippen LogP contribution in [0.1, 0.15) is 43.6 Å². The standard InChI is InChI=1S/C23H25Cl2F2N5O3/c1-11(33)13-8-15-19(31-20(13)35-10-16(26)27)32(5)22(29-15)30-18-14(24)7-6-12(17(18)25)9-28-21(34)23(2,3)4/h6-8,16H,9-10H2,1-5H3,(H,28,34)(H,29,30). The first-order valence-corrected chi connectivity index (χ1v) is 11.4. The van der Waals surface area contributed by atoms with Gasteiger partial charge in [-0.1, -0.05) is 50.0 Å². The van der Waals surface area contributed by atoms with Crippen LogP contribution in [0.4, 0.5) is 20.4 Å². The van der Waals surface area contributed by atoms with Crippen molar-refractivity contribution in [1.82, 2.24) is 19.9 Å². The third-order valence-electron chi connectivity index (χ3n) is 5.06. The second-order valence-electron chi connectivity index (χ2n) is 8.89. The third kappa shape index (κ3) is 5.99. The van der Waals surface area contributed by atoms with Gasteiger partial charge in [-0.05, 0) is 24.6 Å². The number of alkyl halides is 2. The number of carbonyl (C=O) groups is 2. The zero-order valence-electron chi connectivity index (χ0n) is 19.8. The normalized spacial score (nSPS) is 11.7. The molecule has 0 bridgehead atoms. The first-order chi connectivity index (χ1) is 16.3. The number of hydrogen-bond donors (Lipinski definition) is 2. The van der Waals surface area contributed by atoms with E-state index in [2.05, 4.69) is 20.6 Å². The summed E-state index contributed by atoms with van der Waals surface area (Å²) >= 11 is 13.0. The maximum atomic E-state index is 12.6. The van der Waals surface area contributed by atoms with Crippen LogP contribution in [-0.2, 0) is 18.4 Å². The van der Waals surface area contributed by atoms with Crippen molar-refractivity contribution in [2.45, 2.75) is 40.7 Å². The number of ketones is 1. The van der Waals surface area contributed by atoms with E-state index in [0.29, 0.717) is 27.4 Å². The number of ether oxygens (including phenoxy) is 1. The lowest BCUT2D eigenvalue weighted by Gasteiger charge is -2.19. The number of aryl methyl sites for hydroxylation is 1. The minimum Gasteiger partial charge on any atom is -0.471 e. The Kier molecular flexibility index (Phi) is 7.86. The van der Waals surface area contributed by atoms with E-state index in [1.807, 2.05) is 0 Å². The topological polar surface area (TPSA) is 98.1 Å². The number of benzene rings is 1. The van der Waals surface area contributed by atoms with Crippen molar-refractivity contribution in [2.24, 2.45) is 12.5 Å². The van der Waals surface area contributed by atoms with Crippen molar-refractivity contribution < 1.29 is 23.1 Å². The number of hydrogen-bond acceptors (Lipinski definition) is 6. The van der Waals surface area contributed by atoms with Crippen LogP contribution in [0.15, 0.2) is 18.2 Å². The van der Waals surface area contributed by atoms with E-state index in [-0.39, 0.29) is 34.9 Å². The van der Waals surface area contributed by atoms with E-state index < -0.39 is 24.2 Å². The lowest BCUT2D eigenvalue weighted by atomic mass is 9.95. The van der Waals surface area contributed by atoms with Crippen molar-refractivity contribution in [2.75, 3.05) is 11.9 Å². The van der Waals surface area contributed by atoms with Crippen LogP contribution in [0.25, 0.3) is 11.2 Å². The van der Waals surface area contributed by atoms with Gasteiger partial charge in [0.15, 0.2) is 18.0 Å². The van der Waals surface area contributed by atoms with E-state index in [0.717, 1.165) is 0 Å². The molecule has 0 radical (unpaired) electrons. The van der Waals surface area contributed by atoms with Crippen molar-refractivity contribution in [3.8, 4) is 5.88 Å². The Hall–Kier alpha value is -2.98. The molecule has 0 aliphatic carbocycles. The fourth-order valence-corrected chi connectivity index (χ4v) is 3.64. The molecular weight excluding hydrogens is 503 g/mol. The van der Waals surface area contributed by atoms with E-state index in [1.165, 1.54) is 13.0 Å². The molecule has 0 aliphatic rings. The van der Waals surface area contributed by atoms with Gasteiger partial charge in [0.25, 0.3) is 6.43 Å². The van der Waals surface area contributed by atoms with Crippen LogP contribution in [-0.4, -0.2) is 39.3 Å². The minimum absolute atomic E-state index is 0.0375. The molecule has 2 aromatic heterocycles. The van der Waals surface area contributed by atoms with Crippen LogP contribution in [0.5, 0.6) is 5.88 Å². The highest BCUT2D eigenvalue weighted by atomic mass is 35.5. The highest BCUT2D eigenvalue weighted by Gasteiger charge is 2.22. The number of nitrogens with zero attached hydrogens (tertiary/aromatic N) is 3. The van der Waals surface area contributed by atoms with Crippen molar-refractivity contribution in [3.05, 3.63) is 39.4 Å². The van der Waals surface area contributed by atoms with Gasteiger partial charge in [0.05, 0.1) is 21.3 Å². The van der Waals surface area contributed by atoms with Crippen molar-refractivity contribution >= 4 is 57.7 Å². The number of pyridine rings is 1. The number of rotatable bonds is 8. The maximum Gasteiger partial charge on any atom is 0.272 e. The molecule has 0 saturated heterocycles. The van der Waals surface area contributed by atoms with Gasteiger partial charge in [-0.3, -0.25) is 14.2 Å². The fraction of sp³-hybridized carbons (Fsp3) is 0.391. The van der Waals surface area contributed by atoms with E-state index in [1.54, 1.807) is 44.5 Å². The van der Waals surface area contributed by atoms with Crippen molar-refractivity contribution in [1.29, 1.82) is 0 Å². The van der Waals surface area contributed by atoms with Gasteiger partial charge < -0.3 is 15.4 Å². The highest BCUT2D eigenvalue weighted by Crippen LogP contribution is 2.36. The molecule has 0 fully saturated rings. The number of amides is 1. The number of aromatic nitrogens is 3. The smallest absolute Gasteiger partial charge is 0.272 e. The number of Topliss-reactive ketones (excluding diaryl/α,β-unsaturated/α-hetero) is 1. The monoisotopic (exact) mass is 527 g/mol. The summed E-state index contributed by atoms with van der Waals surface area (Å²) in [5.74, 6) is -0.453. The zero-order chi connectivity index (χ0) is 26.1. The van der Waals surface area contributed by atoms with Crippen LogP contribution < -0.4 is 15.4 Å². The molecule has 0 aliphatic heterocycles. The second kappa shape index (κ2) is 10.3. The molecule has 0 atom stereocenters. The zero-order valence-corrected chi connectivity index (χ0v) is 21.3. The molecular formula is C23H25Cl2F2N5O3. The van der Waals surface area contributed by atoms with Gasteiger partial charge in [0, 0.05) is 19.0 Å². The molecule has 1 amide bonds. The third-order valence-corrected chi connectivity index (χ3v) is 5.81. The molecule has 188 valence electrons. The largest absolute Gasteiger partial charge is 0.471 e. The number of fused-ring (bicyclic) bond motifs is 1. The lowest BCUT2D eigenvalue weighted by molar-refractivity contribution is -0.128. The van der Waals surface area contributed by atoms with Gasteiger partial charge in [0.2, 0.25) is 17.7 Å². The minimum atomic E-state index is -2.72. The summed E-state index contributed by atoms with van der Waals surface area (Å²) in [6.45, 7) is 5.99. The lowest BCUT2D eigenvalue weighted by Crippen LogP contribution is -2.34. The van der Waals surface area contributed by atoms with Crippen LogP contribution >= 0.6 is 23.2 Å². The molecule has 0 spiro atoms. The molecule has 1 aromatic carbocycles. The van der Waals surface area contributed by atoms with Gasteiger partial charge >= 0.3 is 0 Å². The fourth-order valence-electron chi connectivity index (χ4n) is 3.11. The van der Waals surface area contributed by atoms with E-state index in [9.17, 15) is 18.4 Å². The second-order valence-corrected chi connectivity index (χ2v) is 9.67. The van der Waals surface area contributed by atoms with Gasteiger partial charge in [-0.15, -0.1) is 0 Å². The maximum absolute atomic E-state index is 12.6. The van der Waals surface area contributed by atoms with E-state index in [4.69, 9.17) is 27.9 Å². The predicted molar refractivity (Wildman–Crippen MR) is 131 cm³/mol. The molecule has 12 heteroatoms. The summed E-state index contributed by atoms with van der Waals surface area (Å²) < 4.78 is 31.9. The molecule has 35 heavy (non-hydrogen) atoms. The molecule has 2 heterocycles. The molecule has 3 rings (SSSR count). The molecule has 3 aromatic rings. The Bertz CT molecular complexity index is 1290. The summed E-state index contributed by atoms with van der Waals surface area (Å²) in [5, 5.41) is 6.51. The van der Waals surface area contributed by atoms with Gasteiger partial charge in [-0.2, -0.15) is 4.98 Å². The van der Waals surface area contributed by atoms with Crippen LogP contribution in [0.2, 0.25) is 10.0 Å². The summed E-state index contributed by atoms with van der Waals surface area (Å²) in [4.78, 5) is 32.9. The van der Waals surface area contributed by atoms with Gasteiger partial charge in [0.1, 0.15) is 5.52 Å². The Labute approximate surface area is 211 Å².